The molecule has 3 rings (SSSR count). The molecule has 2 fully saturated rings. The molecule has 1 atom stereocenters. The summed E-state index contributed by atoms with van der Waals surface area (Å²) in [6.45, 7) is 3.66. The van der Waals surface area contributed by atoms with Gasteiger partial charge in [-0.2, -0.15) is 0 Å². The number of likely N-dealkylation sites (tertiary alicyclic amines) is 1. The van der Waals surface area contributed by atoms with Crippen molar-refractivity contribution in [2.45, 2.75) is 19.3 Å². The van der Waals surface area contributed by atoms with Crippen LogP contribution in [0.3, 0.4) is 0 Å². The Kier molecular flexibility index (Phi) is 4.66. The van der Waals surface area contributed by atoms with Gasteiger partial charge >= 0.3 is 0 Å². The van der Waals surface area contributed by atoms with Gasteiger partial charge in [-0.1, -0.05) is 0 Å². The highest BCUT2D eigenvalue weighted by Crippen LogP contribution is 2.41. The Morgan fingerprint density at radius 3 is 2.91 bits per heavy atom. The lowest BCUT2D eigenvalue weighted by Gasteiger charge is -2.39. The molecular formula is C16H24N4O3. The minimum absolute atomic E-state index is 0.268. The summed E-state index contributed by atoms with van der Waals surface area (Å²) in [6, 6.07) is 1.83. The van der Waals surface area contributed by atoms with Crippen molar-refractivity contribution in [2.24, 2.45) is 5.41 Å². The Balaban J connectivity index is 1.73. The van der Waals surface area contributed by atoms with Gasteiger partial charge in [-0.15, -0.1) is 0 Å². The minimum atomic E-state index is -0.274. The smallest absolute Gasteiger partial charge is 0.230 e. The summed E-state index contributed by atoms with van der Waals surface area (Å²) in [5.41, 5.74) is -0.274. The Morgan fingerprint density at radius 1 is 1.26 bits per heavy atom. The summed E-state index contributed by atoms with van der Waals surface area (Å²) < 4.78 is 10.3. The highest BCUT2D eigenvalue weighted by Gasteiger charge is 2.48. The molecule has 1 aromatic rings. The third-order valence-corrected chi connectivity index (χ3v) is 4.90. The molecule has 7 nitrogen and oxygen atoms in total. The second-order valence-electron chi connectivity index (χ2n) is 6.26. The van der Waals surface area contributed by atoms with Crippen LogP contribution >= 0.6 is 0 Å². The van der Waals surface area contributed by atoms with Crippen LogP contribution in [0.4, 0.5) is 5.82 Å². The van der Waals surface area contributed by atoms with Crippen molar-refractivity contribution in [3.05, 3.63) is 12.4 Å². The second kappa shape index (κ2) is 6.70. The highest BCUT2D eigenvalue weighted by atomic mass is 16.5. The van der Waals surface area contributed by atoms with Gasteiger partial charge in [0.1, 0.15) is 12.1 Å². The Hall–Kier alpha value is -1.89. The van der Waals surface area contributed by atoms with Crippen LogP contribution in [0.1, 0.15) is 19.3 Å². The van der Waals surface area contributed by atoms with E-state index in [9.17, 15) is 4.79 Å². The normalized spacial score (nSPS) is 24.5. The number of piperidine rings is 1. The summed E-state index contributed by atoms with van der Waals surface area (Å²) in [5, 5.41) is 0. The standard InChI is InChI=1S/C16H24N4O3/c1-22-9-8-19-6-3-4-16(15(19)21)5-7-20(11-16)13-10-14(23-2)18-12-17-13/h10,12H,3-9,11H2,1-2H3/t16-/m0/s1. The Bertz CT molecular complexity index is 568. The fourth-order valence-corrected chi connectivity index (χ4v) is 3.63. The molecule has 1 spiro atoms. The zero-order chi connectivity index (χ0) is 16.3. The number of hydrogen-bond acceptors (Lipinski definition) is 6. The molecule has 1 amide bonds. The molecule has 0 aromatic carbocycles. The van der Waals surface area contributed by atoms with Crippen molar-refractivity contribution < 1.29 is 14.3 Å². The molecule has 2 aliphatic heterocycles. The van der Waals surface area contributed by atoms with E-state index in [1.54, 1.807) is 14.2 Å². The third-order valence-electron chi connectivity index (χ3n) is 4.90. The molecule has 0 radical (unpaired) electrons. The van der Waals surface area contributed by atoms with E-state index in [2.05, 4.69) is 14.9 Å². The molecule has 0 N–H and O–H groups in total. The number of rotatable bonds is 5. The van der Waals surface area contributed by atoms with Crippen molar-refractivity contribution in [1.29, 1.82) is 0 Å². The molecule has 126 valence electrons. The van der Waals surface area contributed by atoms with Gasteiger partial charge in [-0.05, 0) is 19.3 Å². The first-order valence-electron chi connectivity index (χ1n) is 8.08. The quantitative estimate of drug-likeness (QED) is 0.805. The molecule has 3 heterocycles. The van der Waals surface area contributed by atoms with E-state index in [4.69, 9.17) is 9.47 Å². The maximum atomic E-state index is 12.9. The summed E-state index contributed by atoms with van der Waals surface area (Å²) in [7, 11) is 3.26. The Labute approximate surface area is 136 Å². The van der Waals surface area contributed by atoms with Crippen LogP contribution in [0.15, 0.2) is 12.4 Å². The molecule has 2 saturated heterocycles. The van der Waals surface area contributed by atoms with Gasteiger partial charge in [0.15, 0.2) is 0 Å². The molecule has 1 aromatic heterocycles. The zero-order valence-corrected chi connectivity index (χ0v) is 13.8. The first-order chi connectivity index (χ1) is 11.2. The second-order valence-corrected chi connectivity index (χ2v) is 6.26. The average Bonchev–Trinajstić information content (AvgIpc) is 3.02. The lowest BCUT2D eigenvalue weighted by Crippen LogP contribution is -2.51. The van der Waals surface area contributed by atoms with Gasteiger partial charge in [0.25, 0.3) is 0 Å². The summed E-state index contributed by atoms with van der Waals surface area (Å²) in [4.78, 5) is 25.4. The Morgan fingerprint density at radius 2 is 2.13 bits per heavy atom. The third kappa shape index (κ3) is 3.10. The largest absolute Gasteiger partial charge is 0.481 e. The van der Waals surface area contributed by atoms with Gasteiger partial charge in [0.2, 0.25) is 11.8 Å². The van der Waals surface area contributed by atoms with E-state index in [1.807, 2.05) is 11.0 Å². The van der Waals surface area contributed by atoms with E-state index in [0.717, 1.165) is 44.7 Å². The monoisotopic (exact) mass is 320 g/mol. The molecule has 23 heavy (non-hydrogen) atoms. The van der Waals surface area contributed by atoms with Crippen LogP contribution in [-0.2, 0) is 9.53 Å². The molecule has 7 heteroatoms. The number of amides is 1. The number of anilines is 1. The maximum absolute atomic E-state index is 12.9. The summed E-state index contributed by atoms with van der Waals surface area (Å²) >= 11 is 0. The lowest BCUT2D eigenvalue weighted by atomic mass is 9.78. The van der Waals surface area contributed by atoms with Gasteiger partial charge in [0.05, 0.1) is 19.1 Å². The van der Waals surface area contributed by atoms with Gasteiger partial charge in [-0.3, -0.25) is 4.79 Å². The van der Waals surface area contributed by atoms with Gasteiger partial charge in [0, 0.05) is 39.4 Å². The summed E-state index contributed by atoms with van der Waals surface area (Å²) in [5.74, 6) is 1.65. The molecule has 0 saturated carbocycles. The first kappa shape index (κ1) is 16.0. The topological polar surface area (TPSA) is 67.8 Å². The number of carbonyl (C=O) groups is 1. The van der Waals surface area contributed by atoms with E-state index in [1.165, 1.54) is 6.33 Å². The van der Waals surface area contributed by atoms with Crippen LogP contribution in [0.5, 0.6) is 5.88 Å². The number of ether oxygens (including phenoxy) is 2. The molecule has 0 unspecified atom stereocenters. The maximum Gasteiger partial charge on any atom is 0.230 e. The molecule has 0 bridgehead atoms. The predicted octanol–water partition coefficient (Wildman–Crippen LogP) is 0.950. The number of carbonyl (C=O) groups excluding carboxylic acids is 1. The van der Waals surface area contributed by atoms with E-state index >= 15 is 0 Å². The van der Waals surface area contributed by atoms with E-state index in [0.29, 0.717) is 19.0 Å². The van der Waals surface area contributed by atoms with Crippen molar-refractivity contribution in [1.82, 2.24) is 14.9 Å². The van der Waals surface area contributed by atoms with Crippen molar-refractivity contribution in [3.8, 4) is 5.88 Å². The van der Waals surface area contributed by atoms with E-state index < -0.39 is 0 Å². The number of hydrogen-bond donors (Lipinski definition) is 0. The van der Waals surface area contributed by atoms with Crippen LogP contribution in [0.2, 0.25) is 0 Å². The number of aromatic nitrogens is 2. The number of methoxy groups -OCH3 is 2. The SMILES string of the molecule is COCCN1CCC[C@@]2(CCN(c3cc(OC)ncn3)C2)C1=O. The number of nitrogens with zero attached hydrogens (tertiary/aromatic N) is 4. The van der Waals surface area contributed by atoms with Crippen LogP contribution < -0.4 is 9.64 Å². The van der Waals surface area contributed by atoms with E-state index in [-0.39, 0.29) is 11.3 Å². The van der Waals surface area contributed by atoms with Crippen LogP contribution in [0, 0.1) is 5.41 Å². The molecular weight excluding hydrogens is 296 g/mol. The highest BCUT2D eigenvalue weighted by molar-refractivity contribution is 5.85. The van der Waals surface area contributed by atoms with Gasteiger partial charge < -0.3 is 19.3 Å². The summed E-state index contributed by atoms with van der Waals surface area (Å²) in [6.07, 6.45) is 4.39. The van der Waals surface area contributed by atoms with Crippen LogP contribution in [-0.4, -0.2) is 67.8 Å². The van der Waals surface area contributed by atoms with Crippen molar-refractivity contribution in [2.75, 3.05) is 51.9 Å². The fraction of sp³-hybridized carbons (Fsp3) is 0.688. The van der Waals surface area contributed by atoms with Crippen molar-refractivity contribution >= 4 is 11.7 Å². The first-order valence-corrected chi connectivity index (χ1v) is 8.08. The molecule has 2 aliphatic rings. The molecule has 0 aliphatic carbocycles. The minimum Gasteiger partial charge on any atom is -0.481 e. The fourth-order valence-electron chi connectivity index (χ4n) is 3.63. The van der Waals surface area contributed by atoms with Crippen LogP contribution in [0.25, 0.3) is 0 Å². The predicted molar refractivity (Wildman–Crippen MR) is 85.5 cm³/mol. The zero-order valence-electron chi connectivity index (χ0n) is 13.8. The van der Waals surface area contributed by atoms with Crippen molar-refractivity contribution in [3.63, 3.8) is 0 Å². The lowest BCUT2D eigenvalue weighted by molar-refractivity contribution is -0.145. The van der Waals surface area contributed by atoms with Gasteiger partial charge in [-0.25, -0.2) is 9.97 Å². The average molecular weight is 320 g/mol.